The first kappa shape index (κ1) is 24.2. The van der Waals surface area contributed by atoms with Gasteiger partial charge in [0.1, 0.15) is 6.04 Å². The highest BCUT2D eigenvalue weighted by atomic mass is 35.5. The van der Waals surface area contributed by atoms with Gasteiger partial charge in [0.2, 0.25) is 5.91 Å². The van der Waals surface area contributed by atoms with Gasteiger partial charge in [0.15, 0.2) is 5.17 Å². The van der Waals surface area contributed by atoms with Crippen molar-refractivity contribution in [3.63, 3.8) is 0 Å². The highest BCUT2D eigenvalue weighted by molar-refractivity contribution is 8.14. The second-order valence-corrected chi connectivity index (χ2v) is 9.06. The van der Waals surface area contributed by atoms with Crippen molar-refractivity contribution in [3.8, 4) is 0 Å². The van der Waals surface area contributed by atoms with Gasteiger partial charge in [-0.25, -0.2) is 9.79 Å². The van der Waals surface area contributed by atoms with Gasteiger partial charge < -0.3 is 15.4 Å². The van der Waals surface area contributed by atoms with Gasteiger partial charge in [-0.1, -0.05) is 47.6 Å². The number of halogens is 1. The predicted molar refractivity (Wildman–Crippen MR) is 133 cm³/mol. The fourth-order valence-corrected chi connectivity index (χ4v) is 4.44. The summed E-state index contributed by atoms with van der Waals surface area (Å²) in [6, 6.07) is 14.5. The molecule has 1 amide bonds. The van der Waals surface area contributed by atoms with E-state index < -0.39 is 12.0 Å². The third-order valence-corrected chi connectivity index (χ3v) is 6.59. The van der Waals surface area contributed by atoms with E-state index in [0.717, 1.165) is 10.5 Å². The van der Waals surface area contributed by atoms with Crippen molar-refractivity contribution in [1.29, 1.82) is 0 Å². The molecule has 0 bridgehead atoms. The average Bonchev–Trinajstić information content (AvgIpc) is 2.79. The minimum absolute atomic E-state index is 0.136. The topological polar surface area (TPSA) is 79.8 Å². The van der Waals surface area contributed by atoms with E-state index in [9.17, 15) is 9.59 Å². The van der Waals surface area contributed by atoms with E-state index in [0.29, 0.717) is 27.1 Å². The maximum atomic E-state index is 12.6. The summed E-state index contributed by atoms with van der Waals surface area (Å²) >= 11 is 9.01. The Hall–Kier alpha value is -2.42. The first-order valence-electron chi connectivity index (χ1n) is 9.96. The Morgan fingerprint density at radius 3 is 2.56 bits per heavy atom. The molecule has 1 heterocycles. The molecular weight excluding hydrogens is 466 g/mol. The van der Waals surface area contributed by atoms with Gasteiger partial charge in [-0.15, -0.1) is 11.8 Å². The number of amides is 1. The van der Waals surface area contributed by atoms with Crippen LogP contribution in [-0.4, -0.2) is 35.7 Å². The Morgan fingerprint density at radius 2 is 1.91 bits per heavy atom. The largest absolute Gasteiger partial charge is 0.463 e. The first-order chi connectivity index (χ1) is 15.4. The second kappa shape index (κ2) is 11.4. The molecule has 0 fully saturated rings. The van der Waals surface area contributed by atoms with E-state index in [2.05, 4.69) is 10.6 Å². The number of carbonyl (C=O) groups is 2. The first-order valence-corrected chi connectivity index (χ1v) is 12.6. The van der Waals surface area contributed by atoms with E-state index in [4.69, 9.17) is 21.3 Å². The van der Waals surface area contributed by atoms with Crippen molar-refractivity contribution in [2.45, 2.75) is 24.8 Å². The third kappa shape index (κ3) is 6.09. The summed E-state index contributed by atoms with van der Waals surface area (Å²) in [4.78, 5) is 30.9. The average molecular weight is 490 g/mol. The minimum Gasteiger partial charge on any atom is -0.463 e. The SMILES string of the molecule is CCOC(=O)C1=C(C)NC(SCC(=O)Nc2ccccc2Cl)=N[C@H]1c1ccc(SC)cc1. The Bertz CT molecular complexity index is 1050. The van der Waals surface area contributed by atoms with E-state index >= 15 is 0 Å². The van der Waals surface area contributed by atoms with Crippen LogP contribution in [0.15, 0.2) is 69.7 Å². The van der Waals surface area contributed by atoms with Crippen molar-refractivity contribution in [2.75, 3.05) is 23.9 Å². The molecule has 0 saturated heterocycles. The van der Waals surface area contributed by atoms with Crippen LogP contribution >= 0.6 is 35.1 Å². The predicted octanol–water partition coefficient (Wildman–Crippen LogP) is 5.27. The van der Waals surface area contributed by atoms with E-state index in [1.165, 1.54) is 11.8 Å². The number of nitrogens with one attached hydrogen (secondary N) is 2. The number of carbonyl (C=O) groups excluding carboxylic acids is 2. The number of amidine groups is 1. The Labute approximate surface area is 201 Å². The van der Waals surface area contributed by atoms with Crippen LogP contribution in [0.5, 0.6) is 0 Å². The number of hydrogen-bond donors (Lipinski definition) is 2. The zero-order chi connectivity index (χ0) is 23.1. The minimum atomic E-state index is -0.514. The number of anilines is 1. The molecule has 2 aromatic rings. The van der Waals surface area contributed by atoms with Crippen LogP contribution in [0.2, 0.25) is 5.02 Å². The Balaban J connectivity index is 1.78. The lowest BCUT2D eigenvalue weighted by molar-refractivity contribution is -0.139. The van der Waals surface area contributed by atoms with Crippen LogP contribution in [0.4, 0.5) is 5.69 Å². The molecule has 32 heavy (non-hydrogen) atoms. The zero-order valence-corrected chi connectivity index (χ0v) is 20.4. The normalized spacial score (nSPS) is 15.6. The molecule has 168 valence electrons. The highest BCUT2D eigenvalue weighted by Gasteiger charge is 2.30. The number of benzene rings is 2. The molecule has 0 saturated carbocycles. The summed E-state index contributed by atoms with van der Waals surface area (Å²) in [5, 5.41) is 6.97. The Kier molecular flexibility index (Phi) is 8.67. The molecule has 1 atom stereocenters. The van der Waals surface area contributed by atoms with Crippen LogP contribution in [-0.2, 0) is 14.3 Å². The molecular formula is C23H24ClN3O3S2. The van der Waals surface area contributed by atoms with Crippen molar-refractivity contribution in [2.24, 2.45) is 4.99 Å². The van der Waals surface area contributed by atoms with Gasteiger partial charge in [0, 0.05) is 10.6 Å². The Morgan fingerprint density at radius 1 is 1.19 bits per heavy atom. The molecule has 0 unspecified atom stereocenters. The van der Waals surface area contributed by atoms with Gasteiger partial charge in [-0.05, 0) is 49.9 Å². The van der Waals surface area contributed by atoms with Crippen molar-refractivity contribution >= 4 is 57.9 Å². The summed E-state index contributed by atoms with van der Waals surface area (Å²) in [5.74, 6) is -0.469. The van der Waals surface area contributed by atoms with E-state index in [1.54, 1.807) is 43.0 Å². The van der Waals surface area contributed by atoms with Crippen molar-refractivity contribution < 1.29 is 14.3 Å². The highest BCUT2D eigenvalue weighted by Crippen LogP contribution is 2.34. The van der Waals surface area contributed by atoms with Gasteiger partial charge in [-0.3, -0.25) is 4.79 Å². The third-order valence-electron chi connectivity index (χ3n) is 4.63. The van der Waals surface area contributed by atoms with Crippen molar-refractivity contribution in [3.05, 3.63) is 70.4 Å². The molecule has 1 aliphatic rings. The van der Waals surface area contributed by atoms with Crippen LogP contribution in [0.25, 0.3) is 0 Å². The molecule has 6 nitrogen and oxygen atoms in total. The lowest BCUT2D eigenvalue weighted by Crippen LogP contribution is -2.31. The molecule has 0 radical (unpaired) electrons. The van der Waals surface area contributed by atoms with Crippen LogP contribution < -0.4 is 10.6 Å². The molecule has 3 rings (SSSR count). The maximum absolute atomic E-state index is 12.6. The van der Waals surface area contributed by atoms with Crippen LogP contribution in [0, 0.1) is 0 Å². The molecule has 9 heteroatoms. The summed E-state index contributed by atoms with van der Waals surface area (Å²) < 4.78 is 5.27. The van der Waals surface area contributed by atoms with Crippen molar-refractivity contribution in [1.82, 2.24) is 5.32 Å². The number of nitrogens with zero attached hydrogens (tertiary/aromatic N) is 1. The fraction of sp³-hybridized carbons (Fsp3) is 0.261. The smallest absolute Gasteiger partial charge is 0.338 e. The summed E-state index contributed by atoms with van der Waals surface area (Å²) in [6.07, 6.45) is 2.01. The summed E-state index contributed by atoms with van der Waals surface area (Å²) in [5.41, 5.74) is 2.57. The lowest BCUT2D eigenvalue weighted by atomic mass is 9.97. The molecule has 2 aromatic carbocycles. The molecule has 1 aliphatic heterocycles. The standard InChI is InChI=1S/C23H24ClN3O3S2/c1-4-30-22(29)20-14(2)25-23(27-21(20)15-9-11-16(31-3)12-10-15)32-13-19(28)26-18-8-6-5-7-17(18)24/h5-12,21H,4,13H2,1-3H3,(H,25,27)(H,26,28)/t21-/m0/s1. The number of rotatable bonds is 7. The van der Waals surface area contributed by atoms with Crippen LogP contribution in [0.3, 0.4) is 0 Å². The zero-order valence-electron chi connectivity index (χ0n) is 18.0. The number of ether oxygens (including phenoxy) is 1. The quantitative estimate of drug-likeness (QED) is 0.407. The number of aliphatic imine (C=N–C) groups is 1. The summed E-state index contributed by atoms with van der Waals surface area (Å²) in [6.45, 7) is 3.87. The lowest BCUT2D eigenvalue weighted by Gasteiger charge is -2.25. The molecule has 0 aromatic heterocycles. The maximum Gasteiger partial charge on any atom is 0.338 e. The fourth-order valence-electron chi connectivity index (χ4n) is 3.10. The number of thioether (sulfide) groups is 2. The summed E-state index contributed by atoms with van der Waals surface area (Å²) in [7, 11) is 0. The van der Waals surface area contributed by atoms with E-state index in [1.807, 2.05) is 37.4 Å². The number of esters is 1. The second-order valence-electron chi connectivity index (χ2n) is 6.81. The molecule has 0 aliphatic carbocycles. The van der Waals surface area contributed by atoms with Crippen LogP contribution in [0.1, 0.15) is 25.5 Å². The van der Waals surface area contributed by atoms with Gasteiger partial charge in [-0.2, -0.15) is 0 Å². The number of allylic oxidation sites excluding steroid dienone is 1. The van der Waals surface area contributed by atoms with Gasteiger partial charge >= 0.3 is 5.97 Å². The molecule has 2 N–H and O–H groups in total. The number of hydrogen-bond acceptors (Lipinski definition) is 7. The van der Waals surface area contributed by atoms with E-state index in [-0.39, 0.29) is 18.3 Å². The molecule has 0 spiro atoms. The van der Waals surface area contributed by atoms with Gasteiger partial charge in [0.05, 0.1) is 28.6 Å². The van der Waals surface area contributed by atoms with Gasteiger partial charge in [0.25, 0.3) is 0 Å². The number of para-hydroxylation sites is 1. The monoisotopic (exact) mass is 489 g/mol.